The van der Waals surface area contributed by atoms with Crippen LogP contribution in [0.25, 0.3) is 0 Å². The molecule has 1 atom stereocenters. The number of hydrogen-bond donors (Lipinski definition) is 1. The zero-order chi connectivity index (χ0) is 15.5. The van der Waals surface area contributed by atoms with Crippen LogP contribution in [0.2, 0.25) is 0 Å². The molecule has 1 aromatic heterocycles. The lowest BCUT2D eigenvalue weighted by atomic mass is 9.96. The van der Waals surface area contributed by atoms with E-state index in [1.54, 1.807) is 7.11 Å². The van der Waals surface area contributed by atoms with Crippen LogP contribution >= 0.6 is 0 Å². The standard InChI is InChI=1S/C16H23N3O2/c1-11(14-18-15(19-21-14)16(2,3)4)17-10-12-8-6-7-9-13(12)20-5/h6-9,11,17H,10H2,1-5H3. The lowest BCUT2D eigenvalue weighted by Gasteiger charge is -2.13. The van der Waals surface area contributed by atoms with Gasteiger partial charge in [0.05, 0.1) is 13.2 Å². The molecule has 2 aromatic rings. The SMILES string of the molecule is COc1ccccc1CNC(C)c1nc(C(C)(C)C)no1. The maximum absolute atomic E-state index is 5.34. The van der Waals surface area contributed by atoms with Gasteiger partial charge < -0.3 is 14.6 Å². The van der Waals surface area contributed by atoms with Gasteiger partial charge >= 0.3 is 0 Å². The van der Waals surface area contributed by atoms with E-state index in [1.165, 1.54) is 0 Å². The molecule has 0 aliphatic carbocycles. The second-order valence-corrected chi connectivity index (χ2v) is 6.12. The molecule has 0 radical (unpaired) electrons. The average molecular weight is 289 g/mol. The van der Waals surface area contributed by atoms with E-state index in [0.717, 1.165) is 17.1 Å². The van der Waals surface area contributed by atoms with E-state index in [-0.39, 0.29) is 11.5 Å². The van der Waals surface area contributed by atoms with Crippen molar-refractivity contribution in [3.8, 4) is 5.75 Å². The lowest BCUT2D eigenvalue weighted by Crippen LogP contribution is -2.19. The van der Waals surface area contributed by atoms with Crippen LogP contribution in [0.5, 0.6) is 5.75 Å². The molecule has 1 aromatic carbocycles. The number of nitrogens with zero attached hydrogens (tertiary/aromatic N) is 2. The number of methoxy groups -OCH3 is 1. The molecule has 0 bridgehead atoms. The second-order valence-electron chi connectivity index (χ2n) is 6.12. The maximum atomic E-state index is 5.34. The largest absolute Gasteiger partial charge is 0.496 e. The van der Waals surface area contributed by atoms with Crippen molar-refractivity contribution in [3.05, 3.63) is 41.5 Å². The fourth-order valence-corrected chi connectivity index (χ4v) is 1.92. The fraction of sp³-hybridized carbons (Fsp3) is 0.500. The first-order valence-electron chi connectivity index (χ1n) is 7.11. The highest BCUT2D eigenvalue weighted by atomic mass is 16.5. The van der Waals surface area contributed by atoms with Crippen LogP contribution in [0.15, 0.2) is 28.8 Å². The topological polar surface area (TPSA) is 60.2 Å². The molecule has 21 heavy (non-hydrogen) atoms. The van der Waals surface area contributed by atoms with Crippen molar-refractivity contribution < 1.29 is 9.26 Å². The Hall–Kier alpha value is -1.88. The molecule has 0 saturated heterocycles. The third-order valence-corrected chi connectivity index (χ3v) is 3.27. The summed E-state index contributed by atoms with van der Waals surface area (Å²) in [6.45, 7) is 8.88. The van der Waals surface area contributed by atoms with E-state index in [2.05, 4.69) is 36.2 Å². The van der Waals surface area contributed by atoms with Crippen molar-refractivity contribution in [1.29, 1.82) is 0 Å². The van der Waals surface area contributed by atoms with E-state index < -0.39 is 0 Å². The molecule has 1 heterocycles. The van der Waals surface area contributed by atoms with Crippen molar-refractivity contribution in [2.75, 3.05) is 7.11 Å². The maximum Gasteiger partial charge on any atom is 0.243 e. The van der Waals surface area contributed by atoms with E-state index in [0.29, 0.717) is 12.4 Å². The molecule has 0 saturated carbocycles. The number of nitrogens with one attached hydrogen (secondary N) is 1. The van der Waals surface area contributed by atoms with Gasteiger partial charge in [-0.2, -0.15) is 4.98 Å². The van der Waals surface area contributed by atoms with Crippen LogP contribution < -0.4 is 10.1 Å². The summed E-state index contributed by atoms with van der Waals surface area (Å²) in [5.74, 6) is 2.20. The molecule has 114 valence electrons. The quantitative estimate of drug-likeness (QED) is 0.915. The predicted octanol–water partition coefficient (Wildman–Crippen LogP) is 3.23. The highest BCUT2D eigenvalue weighted by Gasteiger charge is 2.23. The van der Waals surface area contributed by atoms with Crippen LogP contribution in [-0.2, 0) is 12.0 Å². The van der Waals surface area contributed by atoms with E-state index in [4.69, 9.17) is 9.26 Å². The van der Waals surface area contributed by atoms with Crippen LogP contribution in [0, 0.1) is 0 Å². The van der Waals surface area contributed by atoms with Crippen molar-refractivity contribution in [2.24, 2.45) is 0 Å². The first-order valence-corrected chi connectivity index (χ1v) is 7.11. The Morgan fingerprint density at radius 1 is 1.29 bits per heavy atom. The summed E-state index contributed by atoms with van der Waals surface area (Å²) in [6.07, 6.45) is 0. The Balaban J connectivity index is 2.02. The van der Waals surface area contributed by atoms with Gasteiger partial charge in [-0.1, -0.05) is 44.1 Å². The number of para-hydroxylation sites is 1. The average Bonchev–Trinajstić information content (AvgIpc) is 2.95. The van der Waals surface area contributed by atoms with Crippen LogP contribution in [0.1, 0.15) is 51.0 Å². The van der Waals surface area contributed by atoms with Gasteiger partial charge in [-0.25, -0.2) is 0 Å². The van der Waals surface area contributed by atoms with Crippen molar-refractivity contribution in [2.45, 2.75) is 45.7 Å². The second kappa shape index (κ2) is 6.26. The molecule has 5 nitrogen and oxygen atoms in total. The predicted molar refractivity (Wildman–Crippen MR) is 81.2 cm³/mol. The first kappa shape index (κ1) is 15.5. The fourth-order valence-electron chi connectivity index (χ4n) is 1.92. The molecule has 5 heteroatoms. The minimum absolute atomic E-state index is 0.0153. The zero-order valence-corrected chi connectivity index (χ0v) is 13.3. The van der Waals surface area contributed by atoms with Crippen molar-refractivity contribution >= 4 is 0 Å². The lowest BCUT2D eigenvalue weighted by molar-refractivity contribution is 0.329. The highest BCUT2D eigenvalue weighted by molar-refractivity contribution is 5.33. The number of rotatable bonds is 5. The summed E-state index contributed by atoms with van der Waals surface area (Å²) < 4.78 is 10.7. The van der Waals surface area contributed by atoms with Crippen LogP contribution in [-0.4, -0.2) is 17.3 Å². The van der Waals surface area contributed by atoms with Crippen molar-refractivity contribution in [1.82, 2.24) is 15.5 Å². The summed E-state index contributed by atoms with van der Waals surface area (Å²) in [5, 5.41) is 7.42. The highest BCUT2D eigenvalue weighted by Crippen LogP contribution is 2.22. The van der Waals surface area contributed by atoms with Gasteiger partial charge in [0.15, 0.2) is 5.82 Å². The van der Waals surface area contributed by atoms with Gasteiger partial charge in [0.25, 0.3) is 0 Å². The van der Waals surface area contributed by atoms with Gasteiger partial charge in [0.1, 0.15) is 5.75 Å². The molecule has 1 unspecified atom stereocenters. The van der Waals surface area contributed by atoms with E-state index in [9.17, 15) is 0 Å². The minimum atomic E-state index is -0.107. The minimum Gasteiger partial charge on any atom is -0.496 e. The van der Waals surface area contributed by atoms with Gasteiger partial charge in [0, 0.05) is 17.5 Å². The number of aromatic nitrogens is 2. The molecule has 0 fully saturated rings. The van der Waals surface area contributed by atoms with Gasteiger partial charge in [-0.3, -0.25) is 0 Å². The molecule has 2 rings (SSSR count). The van der Waals surface area contributed by atoms with Crippen LogP contribution in [0.4, 0.5) is 0 Å². The summed E-state index contributed by atoms with van der Waals surface area (Å²) in [6, 6.07) is 7.92. The Morgan fingerprint density at radius 3 is 2.62 bits per heavy atom. The molecular weight excluding hydrogens is 266 g/mol. The molecule has 1 N–H and O–H groups in total. The summed E-state index contributed by atoms with van der Waals surface area (Å²) in [5.41, 5.74) is 0.992. The Kier molecular flexibility index (Phi) is 4.63. The third-order valence-electron chi connectivity index (χ3n) is 3.27. The molecular formula is C16H23N3O2. The van der Waals surface area contributed by atoms with E-state index >= 15 is 0 Å². The summed E-state index contributed by atoms with van der Waals surface area (Å²) >= 11 is 0. The van der Waals surface area contributed by atoms with Gasteiger partial charge in [-0.05, 0) is 13.0 Å². The molecule has 0 aliphatic heterocycles. The third kappa shape index (κ3) is 3.82. The monoisotopic (exact) mass is 289 g/mol. The number of ether oxygens (including phenoxy) is 1. The Morgan fingerprint density at radius 2 is 2.00 bits per heavy atom. The zero-order valence-electron chi connectivity index (χ0n) is 13.3. The summed E-state index contributed by atoms with van der Waals surface area (Å²) in [4.78, 5) is 4.46. The molecule has 0 spiro atoms. The normalized spacial score (nSPS) is 13.2. The van der Waals surface area contributed by atoms with E-state index in [1.807, 2.05) is 31.2 Å². The Labute approximate surface area is 125 Å². The van der Waals surface area contributed by atoms with Gasteiger partial charge in [-0.15, -0.1) is 0 Å². The summed E-state index contributed by atoms with van der Waals surface area (Å²) in [7, 11) is 1.68. The number of benzene rings is 1. The molecule has 0 aliphatic rings. The van der Waals surface area contributed by atoms with Crippen molar-refractivity contribution in [3.63, 3.8) is 0 Å². The molecule has 0 amide bonds. The number of hydrogen-bond acceptors (Lipinski definition) is 5. The van der Waals surface area contributed by atoms with Gasteiger partial charge in [0.2, 0.25) is 5.89 Å². The van der Waals surface area contributed by atoms with Crippen LogP contribution in [0.3, 0.4) is 0 Å². The Bertz CT molecular complexity index is 587. The first-order chi connectivity index (χ1) is 9.91. The smallest absolute Gasteiger partial charge is 0.243 e.